The Bertz CT molecular complexity index is 1290. The highest BCUT2D eigenvalue weighted by Crippen LogP contribution is 2.30. The van der Waals surface area contributed by atoms with Gasteiger partial charge in [0.05, 0.1) is 6.20 Å². The van der Waals surface area contributed by atoms with Crippen LogP contribution in [-0.4, -0.2) is 29.8 Å². The average Bonchev–Trinajstić information content (AvgIpc) is 3.34. The van der Waals surface area contributed by atoms with Gasteiger partial charge in [-0.2, -0.15) is 5.10 Å². The molecule has 0 fully saturated rings. The van der Waals surface area contributed by atoms with Gasteiger partial charge in [-0.05, 0) is 23.8 Å². The molecule has 0 aliphatic rings. The number of halogens is 1. The Morgan fingerprint density at radius 3 is 2.50 bits per heavy atom. The van der Waals surface area contributed by atoms with Crippen LogP contribution < -0.4 is 5.73 Å². The normalized spacial score (nSPS) is 11.2. The summed E-state index contributed by atoms with van der Waals surface area (Å²) in [6.07, 6.45) is 8.82. The molecular formula is C19H12FN7S. The minimum atomic E-state index is -0.274. The fourth-order valence-electron chi connectivity index (χ4n) is 2.93. The lowest BCUT2D eigenvalue weighted by molar-refractivity contribution is 0.628. The van der Waals surface area contributed by atoms with Gasteiger partial charge in [-0.3, -0.25) is 4.98 Å². The minimum absolute atomic E-state index is 0.274. The summed E-state index contributed by atoms with van der Waals surface area (Å²) in [7, 11) is 0. The van der Waals surface area contributed by atoms with E-state index in [0.29, 0.717) is 15.8 Å². The molecule has 0 spiro atoms. The Labute approximate surface area is 162 Å². The molecule has 7 nitrogen and oxygen atoms in total. The van der Waals surface area contributed by atoms with Gasteiger partial charge in [0.25, 0.3) is 0 Å². The molecule has 0 aliphatic heterocycles. The summed E-state index contributed by atoms with van der Waals surface area (Å²) in [5, 5.41) is 13.4. The number of anilines is 1. The van der Waals surface area contributed by atoms with E-state index in [1.807, 2.05) is 12.3 Å². The van der Waals surface area contributed by atoms with E-state index in [1.165, 1.54) is 23.5 Å². The topological polar surface area (TPSA) is 94.9 Å². The fourth-order valence-corrected chi connectivity index (χ4v) is 3.52. The van der Waals surface area contributed by atoms with Gasteiger partial charge < -0.3 is 5.73 Å². The molecule has 0 unspecified atom stereocenters. The molecule has 5 aromatic rings. The van der Waals surface area contributed by atoms with E-state index in [9.17, 15) is 4.39 Å². The minimum Gasteiger partial charge on any atom is -0.374 e. The summed E-state index contributed by atoms with van der Waals surface area (Å²) in [5.41, 5.74) is 10.6. The molecular weight excluding hydrogens is 377 g/mol. The molecule has 0 aliphatic carbocycles. The first kappa shape index (κ1) is 16.5. The molecule has 28 heavy (non-hydrogen) atoms. The first-order valence-electron chi connectivity index (χ1n) is 8.31. The van der Waals surface area contributed by atoms with Crippen LogP contribution in [0.5, 0.6) is 0 Å². The molecule has 0 saturated heterocycles. The van der Waals surface area contributed by atoms with Gasteiger partial charge in [-0.25, -0.2) is 13.9 Å². The maximum atomic E-state index is 13.1. The van der Waals surface area contributed by atoms with Crippen molar-refractivity contribution in [3.05, 3.63) is 67.1 Å². The molecule has 4 aromatic heterocycles. The summed E-state index contributed by atoms with van der Waals surface area (Å²) in [6.45, 7) is 0. The molecule has 9 heteroatoms. The third-order valence-corrected chi connectivity index (χ3v) is 5.07. The Morgan fingerprint density at radius 1 is 0.893 bits per heavy atom. The van der Waals surface area contributed by atoms with Gasteiger partial charge in [0, 0.05) is 47.0 Å². The van der Waals surface area contributed by atoms with Crippen molar-refractivity contribution in [3.8, 4) is 32.8 Å². The number of nitrogen functional groups attached to an aromatic ring is 1. The number of rotatable bonds is 3. The molecule has 0 radical (unpaired) electrons. The van der Waals surface area contributed by atoms with Crippen molar-refractivity contribution >= 4 is 22.1 Å². The predicted molar refractivity (Wildman–Crippen MR) is 105 cm³/mol. The molecule has 1 aromatic carbocycles. The zero-order valence-corrected chi connectivity index (χ0v) is 15.1. The van der Waals surface area contributed by atoms with Crippen molar-refractivity contribution in [1.82, 2.24) is 29.8 Å². The lowest BCUT2D eigenvalue weighted by Crippen LogP contribution is -1.92. The fraction of sp³-hybridized carbons (Fsp3) is 0. The Kier molecular flexibility index (Phi) is 3.80. The zero-order valence-electron chi connectivity index (χ0n) is 14.3. The van der Waals surface area contributed by atoms with Crippen molar-refractivity contribution in [2.24, 2.45) is 0 Å². The summed E-state index contributed by atoms with van der Waals surface area (Å²) in [6, 6.07) is 8.23. The van der Waals surface area contributed by atoms with Crippen LogP contribution in [0.3, 0.4) is 0 Å². The summed E-state index contributed by atoms with van der Waals surface area (Å²) in [5.74, 6) is -0.274. The first-order valence-corrected chi connectivity index (χ1v) is 9.13. The number of aromatic nitrogens is 6. The monoisotopic (exact) mass is 389 g/mol. The quantitative estimate of drug-likeness (QED) is 0.506. The van der Waals surface area contributed by atoms with E-state index >= 15 is 0 Å². The Balaban J connectivity index is 1.56. The second-order valence-corrected chi connectivity index (χ2v) is 7.09. The van der Waals surface area contributed by atoms with Gasteiger partial charge in [0.1, 0.15) is 5.82 Å². The van der Waals surface area contributed by atoms with E-state index in [1.54, 1.807) is 41.4 Å². The van der Waals surface area contributed by atoms with Crippen molar-refractivity contribution in [1.29, 1.82) is 0 Å². The van der Waals surface area contributed by atoms with Crippen LogP contribution in [-0.2, 0) is 0 Å². The molecule has 0 atom stereocenters. The van der Waals surface area contributed by atoms with E-state index < -0.39 is 0 Å². The smallest absolute Gasteiger partial charge is 0.203 e. The lowest BCUT2D eigenvalue weighted by Gasteiger charge is -2.04. The van der Waals surface area contributed by atoms with Crippen LogP contribution in [0.4, 0.5) is 9.52 Å². The van der Waals surface area contributed by atoms with Crippen molar-refractivity contribution in [3.63, 3.8) is 0 Å². The van der Waals surface area contributed by atoms with Crippen molar-refractivity contribution in [2.45, 2.75) is 0 Å². The third kappa shape index (κ3) is 2.87. The molecule has 5 rings (SSSR count). The van der Waals surface area contributed by atoms with Crippen molar-refractivity contribution in [2.75, 3.05) is 5.73 Å². The van der Waals surface area contributed by atoms with E-state index in [4.69, 9.17) is 5.73 Å². The van der Waals surface area contributed by atoms with Gasteiger partial charge in [-0.15, -0.1) is 10.2 Å². The zero-order chi connectivity index (χ0) is 19.1. The maximum Gasteiger partial charge on any atom is 0.203 e. The molecule has 0 saturated carbocycles. The second kappa shape index (κ2) is 6.46. The highest BCUT2D eigenvalue weighted by atomic mass is 32.1. The van der Waals surface area contributed by atoms with Crippen LogP contribution in [0.15, 0.2) is 61.3 Å². The summed E-state index contributed by atoms with van der Waals surface area (Å²) in [4.78, 5) is 8.86. The lowest BCUT2D eigenvalue weighted by atomic mass is 10.1. The van der Waals surface area contributed by atoms with Crippen LogP contribution in [0, 0.1) is 5.82 Å². The van der Waals surface area contributed by atoms with Crippen LogP contribution >= 0.6 is 11.3 Å². The number of nitrogens with two attached hydrogens (primary N) is 1. The number of nitrogens with zero attached hydrogens (tertiary/aromatic N) is 6. The number of hydrogen-bond acceptors (Lipinski definition) is 7. The Hall–Kier alpha value is -3.72. The van der Waals surface area contributed by atoms with Gasteiger partial charge in [-0.1, -0.05) is 23.5 Å². The van der Waals surface area contributed by atoms with E-state index in [2.05, 4.69) is 25.3 Å². The Morgan fingerprint density at radius 2 is 1.71 bits per heavy atom. The standard InChI is InChI=1S/C19H12FN7S/c20-15-3-1-11(2-4-15)14-8-23-17-16(9-24-27(17)10-14)12-5-13(7-22-6-12)18-25-26-19(21)28-18/h1-10H,(H2,21,26). The molecule has 0 amide bonds. The first-order chi connectivity index (χ1) is 13.7. The van der Waals surface area contributed by atoms with Gasteiger partial charge in [0.2, 0.25) is 5.13 Å². The van der Waals surface area contributed by atoms with Gasteiger partial charge >= 0.3 is 0 Å². The highest BCUT2D eigenvalue weighted by molar-refractivity contribution is 7.18. The third-order valence-electron chi connectivity index (χ3n) is 4.27. The van der Waals surface area contributed by atoms with Crippen LogP contribution in [0.1, 0.15) is 0 Å². The molecule has 2 N–H and O–H groups in total. The SMILES string of the molecule is Nc1nnc(-c2cncc(-c3cnn4cc(-c5ccc(F)cc5)cnc34)c2)s1. The second-order valence-electron chi connectivity index (χ2n) is 6.08. The predicted octanol–water partition coefficient (Wildman–Crippen LogP) is 3.70. The van der Waals surface area contributed by atoms with Crippen LogP contribution in [0.25, 0.3) is 38.5 Å². The number of pyridine rings is 1. The maximum absolute atomic E-state index is 13.1. The number of fused-ring (bicyclic) bond motifs is 1. The summed E-state index contributed by atoms with van der Waals surface area (Å²) >= 11 is 1.30. The molecule has 0 bridgehead atoms. The average molecular weight is 389 g/mol. The number of benzene rings is 1. The molecule has 136 valence electrons. The highest BCUT2D eigenvalue weighted by Gasteiger charge is 2.12. The van der Waals surface area contributed by atoms with Crippen molar-refractivity contribution < 1.29 is 4.39 Å². The van der Waals surface area contributed by atoms with Gasteiger partial charge in [0.15, 0.2) is 10.7 Å². The van der Waals surface area contributed by atoms with E-state index in [0.717, 1.165) is 27.8 Å². The van der Waals surface area contributed by atoms with E-state index in [-0.39, 0.29) is 5.82 Å². The molecule has 4 heterocycles. The summed E-state index contributed by atoms with van der Waals surface area (Å²) < 4.78 is 14.8. The number of hydrogen-bond donors (Lipinski definition) is 1. The largest absolute Gasteiger partial charge is 0.374 e. The van der Waals surface area contributed by atoms with Crippen LogP contribution in [0.2, 0.25) is 0 Å².